The summed E-state index contributed by atoms with van der Waals surface area (Å²) in [6.45, 7) is 8.56. The number of sulfonamides is 1. The highest BCUT2D eigenvalue weighted by atomic mass is 35.5. The number of amides is 2. The molecule has 0 aliphatic rings. The van der Waals surface area contributed by atoms with Crippen LogP contribution >= 0.6 is 23.2 Å². The van der Waals surface area contributed by atoms with Gasteiger partial charge in [-0.05, 0) is 66.6 Å². The molecule has 1 N–H and O–H groups in total. The Morgan fingerprint density at radius 3 is 2.23 bits per heavy atom. The van der Waals surface area contributed by atoms with Gasteiger partial charge in [0.15, 0.2) is 0 Å². The van der Waals surface area contributed by atoms with E-state index in [4.69, 9.17) is 23.2 Å². The number of halogens is 2. The van der Waals surface area contributed by atoms with Gasteiger partial charge < -0.3 is 10.2 Å². The summed E-state index contributed by atoms with van der Waals surface area (Å²) < 4.78 is 26.9. The van der Waals surface area contributed by atoms with E-state index in [9.17, 15) is 18.0 Å². The lowest BCUT2D eigenvalue weighted by Crippen LogP contribution is -2.51. The van der Waals surface area contributed by atoms with E-state index in [0.717, 1.165) is 22.3 Å². The first kappa shape index (κ1) is 34.4. The van der Waals surface area contributed by atoms with Crippen LogP contribution in [-0.4, -0.2) is 50.5 Å². The molecule has 3 aromatic rings. The van der Waals surface area contributed by atoms with Crippen molar-refractivity contribution in [2.45, 2.75) is 59.5 Å². The average molecular weight is 647 g/mol. The first-order valence-corrected chi connectivity index (χ1v) is 17.0. The molecular weight excluding hydrogens is 605 g/mol. The summed E-state index contributed by atoms with van der Waals surface area (Å²) >= 11 is 12.4. The zero-order valence-corrected chi connectivity index (χ0v) is 27.8. The number of carbonyl (C=O) groups excluding carboxylic acids is 2. The van der Waals surface area contributed by atoms with E-state index >= 15 is 0 Å². The van der Waals surface area contributed by atoms with Gasteiger partial charge in [-0.15, -0.1) is 0 Å². The number of hydrogen-bond acceptors (Lipinski definition) is 4. The fourth-order valence-corrected chi connectivity index (χ4v) is 6.14. The summed E-state index contributed by atoms with van der Waals surface area (Å²) in [5.41, 5.74) is 4.08. The lowest BCUT2D eigenvalue weighted by Gasteiger charge is -2.32. The molecule has 0 saturated carbocycles. The number of aryl methyl sites for hydroxylation is 1. The van der Waals surface area contributed by atoms with Crippen molar-refractivity contribution < 1.29 is 18.0 Å². The first-order chi connectivity index (χ1) is 20.3. The maximum atomic E-state index is 14.0. The highest BCUT2D eigenvalue weighted by Crippen LogP contribution is 2.27. The average Bonchev–Trinajstić information content (AvgIpc) is 2.95. The predicted molar refractivity (Wildman–Crippen MR) is 176 cm³/mol. The van der Waals surface area contributed by atoms with Crippen molar-refractivity contribution in [3.63, 3.8) is 0 Å². The summed E-state index contributed by atoms with van der Waals surface area (Å²) in [6.07, 6.45) is 1.79. The number of carbonyl (C=O) groups is 2. The number of rotatable bonds is 14. The minimum absolute atomic E-state index is 0.0426. The van der Waals surface area contributed by atoms with Crippen LogP contribution in [0.25, 0.3) is 0 Å². The topological polar surface area (TPSA) is 86.8 Å². The molecule has 232 valence electrons. The number of anilines is 1. The van der Waals surface area contributed by atoms with Crippen LogP contribution in [0.15, 0.2) is 66.7 Å². The van der Waals surface area contributed by atoms with Crippen LogP contribution in [0.3, 0.4) is 0 Å². The molecular formula is C33H41Cl2N3O4S. The summed E-state index contributed by atoms with van der Waals surface area (Å²) in [5.74, 6) is -0.284. The fraction of sp³-hybridized carbons (Fsp3) is 0.394. The van der Waals surface area contributed by atoms with Crippen LogP contribution in [0.2, 0.25) is 10.0 Å². The SMILES string of the molecule is Cc1cccc(N(CCCC(=O)N(Cc2ccc(Cl)c(Cl)c2)[C@H](Cc2ccccc2)C(=O)NCC(C)C)S(C)(=O)=O)c1C. The number of hydrogen-bond donors (Lipinski definition) is 1. The van der Waals surface area contributed by atoms with Crippen LogP contribution < -0.4 is 9.62 Å². The second kappa shape index (κ2) is 15.6. The molecule has 43 heavy (non-hydrogen) atoms. The Hall–Kier alpha value is -3.07. The maximum Gasteiger partial charge on any atom is 0.243 e. The van der Waals surface area contributed by atoms with Gasteiger partial charge >= 0.3 is 0 Å². The van der Waals surface area contributed by atoms with Crippen LogP contribution in [0.5, 0.6) is 0 Å². The molecule has 0 aliphatic carbocycles. The van der Waals surface area contributed by atoms with Gasteiger partial charge in [-0.3, -0.25) is 13.9 Å². The van der Waals surface area contributed by atoms with Gasteiger partial charge in [0.1, 0.15) is 6.04 Å². The molecule has 3 aromatic carbocycles. The Bertz CT molecular complexity index is 1510. The van der Waals surface area contributed by atoms with Gasteiger partial charge in [-0.2, -0.15) is 0 Å². The van der Waals surface area contributed by atoms with E-state index in [1.807, 2.05) is 70.2 Å². The van der Waals surface area contributed by atoms with E-state index in [0.29, 0.717) is 28.7 Å². The Labute approximate surface area is 266 Å². The van der Waals surface area contributed by atoms with Crippen LogP contribution in [-0.2, 0) is 32.6 Å². The third-order valence-corrected chi connectivity index (χ3v) is 9.21. The summed E-state index contributed by atoms with van der Waals surface area (Å²) in [5, 5.41) is 3.75. The minimum Gasteiger partial charge on any atom is -0.354 e. The monoisotopic (exact) mass is 645 g/mol. The Morgan fingerprint density at radius 2 is 1.60 bits per heavy atom. The predicted octanol–water partition coefficient (Wildman–Crippen LogP) is 6.57. The lowest BCUT2D eigenvalue weighted by molar-refractivity contribution is -0.141. The van der Waals surface area contributed by atoms with Crippen molar-refractivity contribution in [1.29, 1.82) is 0 Å². The summed E-state index contributed by atoms with van der Waals surface area (Å²) in [7, 11) is -3.60. The maximum absolute atomic E-state index is 14.0. The van der Waals surface area contributed by atoms with Crippen molar-refractivity contribution in [2.75, 3.05) is 23.7 Å². The second-order valence-corrected chi connectivity index (χ2v) is 14.0. The quantitative estimate of drug-likeness (QED) is 0.215. The zero-order valence-electron chi connectivity index (χ0n) is 25.4. The molecule has 2 amide bonds. The molecule has 0 radical (unpaired) electrons. The van der Waals surface area contributed by atoms with Gasteiger partial charge in [-0.1, -0.05) is 85.6 Å². The first-order valence-electron chi connectivity index (χ1n) is 14.4. The molecule has 7 nitrogen and oxygen atoms in total. The zero-order chi connectivity index (χ0) is 31.7. The van der Waals surface area contributed by atoms with E-state index < -0.39 is 16.1 Å². The van der Waals surface area contributed by atoms with Crippen LogP contribution in [0.4, 0.5) is 5.69 Å². The Kier molecular flexibility index (Phi) is 12.5. The molecule has 0 heterocycles. The highest BCUT2D eigenvalue weighted by molar-refractivity contribution is 7.92. The van der Waals surface area contributed by atoms with Crippen molar-refractivity contribution in [1.82, 2.24) is 10.2 Å². The Morgan fingerprint density at radius 1 is 0.907 bits per heavy atom. The third kappa shape index (κ3) is 9.98. The van der Waals surface area contributed by atoms with Crippen LogP contribution in [0, 0.1) is 19.8 Å². The van der Waals surface area contributed by atoms with Crippen LogP contribution in [0.1, 0.15) is 48.9 Å². The number of nitrogens with zero attached hydrogens (tertiary/aromatic N) is 2. The molecule has 0 unspecified atom stereocenters. The normalized spacial score (nSPS) is 12.2. The summed E-state index contributed by atoms with van der Waals surface area (Å²) in [6, 6.07) is 19.4. The van der Waals surface area contributed by atoms with Crippen molar-refractivity contribution in [2.24, 2.45) is 5.92 Å². The van der Waals surface area contributed by atoms with Gasteiger partial charge in [0.05, 0.1) is 22.0 Å². The molecule has 10 heteroatoms. The Balaban J connectivity index is 1.92. The van der Waals surface area contributed by atoms with Gasteiger partial charge in [0, 0.05) is 32.5 Å². The molecule has 0 aromatic heterocycles. The number of benzene rings is 3. The molecule has 0 fully saturated rings. The standard InChI is InChI=1S/C33H41Cl2N3O4S/c1-23(2)21-36-33(40)31(20-26-12-7-6-8-13-26)37(22-27-16-17-28(34)29(35)19-27)32(39)15-10-18-38(43(5,41)42)30-14-9-11-24(3)25(30)4/h6-9,11-14,16-17,19,23,31H,10,15,18,20-22H2,1-5H3,(H,36,40)/t31-/m1/s1. The van der Waals surface area contributed by atoms with Crippen molar-refractivity contribution in [3.8, 4) is 0 Å². The minimum atomic E-state index is -3.60. The van der Waals surface area contributed by atoms with Crippen molar-refractivity contribution >= 4 is 50.7 Å². The second-order valence-electron chi connectivity index (χ2n) is 11.3. The summed E-state index contributed by atoms with van der Waals surface area (Å²) in [4.78, 5) is 29.2. The van der Waals surface area contributed by atoms with Gasteiger partial charge in [0.2, 0.25) is 21.8 Å². The van der Waals surface area contributed by atoms with Crippen molar-refractivity contribution in [3.05, 3.63) is 99.0 Å². The molecule has 1 atom stereocenters. The molecule has 3 rings (SSSR count). The molecule has 0 spiro atoms. The largest absolute Gasteiger partial charge is 0.354 e. The van der Waals surface area contributed by atoms with E-state index in [-0.39, 0.29) is 43.7 Å². The lowest BCUT2D eigenvalue weighted by atomic mass is 10.0. The van der Waals surface area contributed by atoms with E-state index in [1.165, 1.54) is 10.6 Å². The third-order valence-electron chi connectivity index (χ3n) is 7.29. The highest BCUT2D eigenvalue weighted by Gasteiger charge is 2.31. The fourth-order valence-electron chi connectivity index (χ4n) is 4.80. The molecule has 0 bridgehead atoms. The molecule has 0 saturated heterocycles. The number of nitrogens with one attached hydrogen (secondary N) is 1. The molecule has 0 aliphatic heterocycles. The smallest absolute Gasteiger partial charge is 0.243 e. The van der Waals surface area contributed by atoms with Gasteiger partial charge in [-0.25, -0.2) is 8.42 Å². The van der Waals surface area contributed by atoms with E-state index in [1.54, 1.807) is 29.2 Å². The van der Waals surface area contributed by atoms with E-state index in [2.05, 4.69) is 5.32 Å². The van der Waals surface area contributed by atoms with Gasteiger partial charge in [0.25, 0.3) is 0 Å².